The molecule has 3 rings (SSSR count). The maximum Gasteiger partial charge on any atom is 0.339 e. The lowest BCUT2D eigenvalue weighted by molar-refractivity contribution is -0.119. The summed E-state index contributed by atoms with van der Waals surface area (Å²) < 4.78 is 0. The maximum atomic E-state index is 12.1. The highest BCUT2D eigenvalue weighted by molar-refractivity contribution is 7.17. The van der Waals surface area contributed by atoms with Gasteiger partial charge >= 0.3 is 5.97 Å². The van der Waals surface area contributed by atoms with Crippen molar-refractivity contribution in [2.45, 2.75) is 39.0 Å². The first-order valence-electron chi connectivity index (χ1n) is 6.76. The molecule has 19 heavy (non-hydrogen) atoms. The summed E-state index contributed by atoms with van der Waals surface area (Å²) in [7, 11) is 0. The van der Waals surface area contributed by atoms with Gasteiger partial charge < -0.3 is 10.4 Å². The molecule has 1 amide bonds. The van der Waals surface area contributed by atoms with Gasteiger partial charge in [0.2, 0.25) is 5.91 Å². The van der Waals surface area contributed by atoms with Crippen LogP contribution in [0.15, 0.2) is 0 Å². The number of aryl methyl sites for hydroxylation is 1. The van der Waals surface area contributed by atoms with E-state index in [1.807, 2.05) is 6.92 Å². The van der Waals surface area contributed by atoms with E-state index >= 15 is 0 Å². The minimum atomic E-state index is -0.922. The van der Waals surface area contributed by atoms with Crippen LogP contribution in [-0.2, 0) is 17.6 Å². The highest BCUT2D eigenvalue weighted by atomic mass is 32.1. The van der Waals surface area contributed by atoms with Crippen molar-refractivity contribution in [1.82, 2.24) is 0 Å². The van der Waals surface area contributed by atoms with Crippen LogP contribution in [0.25, 0.3) is 0 Å². The second kappa shape index (κ2) is 4.63. The molecule has 0 saturated heterocycles. The minimum absolute atomic E-state index is 0.0152. The van der Waals surface area contributed by atoms with E-state index in [0.717, 1.165) is 42.5 Å². The fourth-order valence-electron chi connectivity index (χ4n) is 2.75. The summed E-state index contributed by atoms with van der Waals surface area (Å²) >= 11 is 1.44. The highest BCUT2D eigenvalue weighted by Crippen LogP contribution is 2.41. The number of carbonyl (C=O) groups excluding carboxylic acids is 1. The molecule has 1 saturated carbocycles. The van der Waals surface area contributed by atoms with Crippen LogP contribution < -0.4 is 5.32 Å². The zero-order valence-corrected chi connectivity index (χ0v) is 11.7. The first kappa shape index (κ1) is 12.7. The molecule has 1 fully saturated rings. The van der Waals surface area contributed by atoms with Crippen molar-refractivity contribution >= 4 is 28.2 Å². The molecule has 5 heteroatoms. The number of thiophene rings is 1. The molecule has 0 radical (unpaired) electrons. The molecule has 0 aromatic carbocycles. The molecule has 102 valence electrons. The van der Waals surface area contributed by atoms with E-state index < -0.39 is 5.97 Å². The summed E-state index contributed by atoms with van der Waals surface area (Å²) in [5.41, 5.74) is 1.26. The molecule has 0 spiro atoms. The number of rotatable bonds is 4. The molecule has 1 unspecified atom stereocenters. The third-order valence-corrected chi connectivity index (χ3v) is 5.32. The smallest absolute Gasteiger partial charge is 0.339 e. The Labute approximate surface area is 115 Å². The molecule has 1 heterocycles. The summed E-state index contributed by atoms with van der Waals surface area (Å²) in [6, 6.07) is 0. The zero-order chi connectivity index (χ0) is 13.6. The average Bonchev–Trinajstić information content (AvgIpc) is 3.01. The predicted octanol–water partition coefficient (Wildman–Crippen LogP) is 2.92. The van der Waals surface area contributed by atoms with Crippen LogP contribution in [-0.4, -0.2) is 17.0 Å². The predicted molar refractivity (Wildman–Crippen MR) is 73.8 cm³/mol. The van der Waals surface area contributed by atoms with Gasteiger partial charge in [0.15, 0.2) is 0 Å². The number of amides is 1. The van der Waals surface area contributed by atoms with Crippen molar-refractivity contribution in [2.75, 3.05) is 5.32 Å². The van der Waals surface area contributed by atoms with Gasteiger partial charge in [-0.2, -0.15) is 0 Å². The van der Waals surface area contributed by atoms with Gasteiger partial charge in [0.05, 0.1) is 5.56 Å². The number of aromatic carboxylic acids is 1. The highest BCUT2D eigenvalue weighted by Gasteiger charge is 2.34. The van der Waals surface area contributed by atoms with Crippen LogP contribution in [0, 0.1) is 11.8 Å². The summed E-state index contributed by atoms with van der Waals surface area (Å²) in [5.74, 6) is -0.489. The molecule has 1 aromatic heterocycles. The fourth-order valence-corrected chi connectivity index (χ4v) is 4.04. The summed E-state index contributed by atoms with van der Waals surface area (Å²) in [4.78, 5) is 24.6. The lowest BCUT2D eigenvalue weighted by atomic mass is 10.1. The Bertz CT molecular complexity index is 545. The molecule has 2 N–H and O–H groups in total. The van der Waals surface area contributed by atoms with E-state index in [1.165, 1.54) is 11.3 Å². The Hall–Kier alpha value is -1.36. The van der Waals surface area contributed by atoms with E-state index in [4.69, 9.17) is 0 Å². The molecule has 1 atom stereocenters. The van der Waals surface area contributed by atoms with Gasteiger partial charge in [0.25, 0.3) is 0 Å². The summed E-state index contributed by atoms with van der Waals surface area (Å²) in [6.07, 6.45) is 5.01. The van der Waals surface area contributed by atoms with Gasteiger partial charge in [0, 0.05) is 10.8 Å². The second-order valence-electron chi connectivity index (χ2n) is 5.48. The SMILES string of the molecule is CC(C(=O)Nc1sc2c(c1C(=O)O)CCC2)C1CC1. The third-order valence-electron chi connectivity index (χ3n) is 4.11. The van der Waals surface area contributed by atoms with E-state index in [2.05, 4.69) is 5.32 Å². The fraction of sp³-hybridized carbons (Fsp3) is 0.571. The molecule has 4 nitrogen and oxygen atoms in total. The van der Waals surface area contributed by atoms with Gasteiger partial charge in [-0.25, -0.2) is 4.79 Å². The van der Waals surface area contributed by atoms with Crippen molar-refractivity contribution in [3.8, 4) is 0 Å². The standard InChI is InChI=1S/C14H17NO3S/c1-7(8-5-6-8)12(16)15-13-11(14(17)18)9-3-2-4-10(9)19-13/h7-8H,2-6H2,1H3,(H,15,16)(H,17,18). The molecule has 2 aliphatic rings. The summed E-state index contributed by atoms with van der Waals surface area (Å²) in [6.45, 7) is 1.93. The van der Waals surface area contributed by atoms with E-state index in [-0.39, 0.29) is 11.8 Å². The van der Waals surface area contributed by atoms with Crippen molar-refractivity contribution < 1.29 is 14.7 Å². The molecule has 0 aliphatic heterocycles. The number of anilines is 1. The van der Waals surface area contributed by atoms with Gasteiger partial charge in [0.1, 0.15) is 5.00 Å². The summed E-state index contributed by atoms with van der Waals surface area (Å²) in [5, 5.41) is 12.7. The number of nitrogens with one attached hydrogen (secondary N) is 1. The van der Waals surface area contributed by atoms with Crippen molar-refractivity contribution in [3.05, 3.63) is 16.0 Å². The van der Waals surface area contributed by atoms with Crippen molar-refractivity contribution in [1.29, 1.82) is 0 Å². The van der Waals surface area contributed by atoms with Crippen molar-refractivity contribution in [3.63, 3.8) is 0 Å². The Morgan fingerprint density at radius 2 is 2.11 bits per heavy atom. The third kappa shape index (κ3) is 2.27. The van der Waals surface area contributed by atoms with Crippen LogP contribution in [0.3, 0.4) is 0 Å². The van der Waals surface area contributed by atoms with Crippen LogP contribution in [0.2, 0.25) is 0 Å². The minimum Gasteiger partial charge on any atom is -0.478 e. The van der Waals surface area contributed by atoms with Gasteiger partial charge in [-0.15, -0.1) is 11.3 Å². The Kier molecular flexibility index (Phi) is 3.09. The maximum absolute atomic E-state index is 12.1. The molecule has 1 aromatic rings. The van der Waals surface area contributed by atoms with Gasteiger partial charge in [-0.3, -0.25) is 4.79 Å². The molecule has 2 aliphatic carbocycles. The number of carboxylic acids is 1. The van der Waals surface area contributed by atoms with Crippen molar-refractivity contribution in [2.24, 2.45) is 11.8 Å². The van der Waals surface area contributed by atoms with Gasteiger partial charge in [-0.05, 0) is 43.6 Å². The lowest BCUT2D eigenvalue weighted by Gasteiger charge is -2.10. The van der Waals surface area contributed by atoms with Crippen LogP contribution in [0.4, 0.5) is 5.00 Å². The number of carboxylic acid groups (broad SMARTS) is 1. The Morgan fingerprint density at radius 1 is 1.37 bits per heavy atom. The molecular weight excluding hydrogens is 262 g/mol. The quantitative estimate of drug-likeness (QED) is 0.890. The average molecular weight is 279 g/mol. The lowest BCUT2D eigenvalue weighted by Crippen LogP contribution is -2.22. The number of hydrogen-bond donors (Lipinski definition) is 2. The second-order valence-corrected chi connectivity index (χ2v) is 6.59. The van der Waals surface area contributed by atoms with E-state index in [0.29, 0.717) is 16.5 Å². The zero-order valence-electron chi connectivity index (χ0n) is 10.9. The largest absolute Gasteiger partial charge is 0.478 e. The topological polar surface area (TPSA) is 66.4 Å². The van der Waals surface area contributed by atoms with Crippen LogP contribution >= 0.6 is 11.3 Å². The van der Waals surface area contributed by atoms with E-state index in [9.17, 15) is 14.7 Å². The number of hydrogen-bond acceptors (Lipinski definition) is 3. The molecular formula is C14H17NO3S. The first-order chi connectivity index (χ1) is 9.08. The van der Waals surface area contributed by atoms with E-state index in [1.54, 1.807) is 0 Å². The normalized spacial score (nSPS) is 19.0. The van der Waals surface area contributed by atoms with Crippen LogP contribution in [0.1, 0.15) is 47.0 Å². The Balaban J connectivity index is 1.84. The number of carbonyl (C=O) groups is 2. The number of fused-ring (bicyclic) bond motifs is 1. The first-order valence-corrected chi connectivity index (χ1v) is 7.58. The monoisotopic (exact) mass is 279 g/mol. The van der Waals surface area contributed by atoms with Gasteiger partial charge in [-0.1, -0.05) is 6.92 Å². The molecule has 0 bridgehead atoms. The van der Waals surface area contributed by atoms with Crippen LogP contribution in [0.5, 0.6) is 0 Å². The Morgan fingerprint density at radius 3 is 2.74 bits per heavy atom.